The average Bonchev–Trinajstić information content (AvgIpc) is 2.57. The van der Waals surface area contributed by atoms with Crippen LogP contribution in [0.1, 0.15) is 19.4 Å². The third-order valence-corrected chi connectivity index (χ3v) is 3.21. The van der Waals surface area contributed by atoms with Crippen molar-refractivity contribution in [3.8, 4) is 11.9 Å². The van der Waals surface area contributed by atoms with Crippen LogP contribution in [0.4, 0.5) is 5.69 Å². The van der Waals surface area contributed by atoms with E-state index in [4.69, 9.17) is 21.1 Å². The van der Waals surface area contributed by atoms with E-state index in [9.17, 15) is 4.79 Å². The number of aromatic nitrogens is 2. The Morgan fingerprint density at radius 2 is 2.00 bits per heavy atom. The molecule has 24 heavy (non-hydrogen) atoms. The van der Waals surface area contributed by atoms with E-state index in [1.54, 1.807) is 12.1 Å². The second kappa shape index (κ2) is 8.88. The lowest BCUT2D eigenvalue weighted by molar-refractivity contribution is -0.111. The van der Waals surface area contributed by atoms with Gasteiger partial charge in [-0.15, -0.1) is 0 Å². The fourth-order valence-electron chi connectivity index (χ4n) is 1.83. The van der Waals surface area contributed by atoms with E-state index >= 15 is 0 Å². The number of rotatable bonds is 7. The number of nitrogens with zero attached hydrogens (tertiary/aromatic N) is 2. The quantitative estimate of drug-likeness (QED) is 0.775. The standard InChI is InChI=1S/C17H18ClN3O3/c1-3-23-16-14(11-19-17(21-16)24-4-2)20-15(22)10-9-12-7-5-6-8-13(12)18/h5-11H,3-4H2,1-2H3,(H,20,22)/b10-9+. The van der Waals surface area contributed by atoms with Gasteiger partial charge in [0, 0.05) is 11.1 Å². The van der Waals surface area contributed by atoms with Crippen molar-refractivity contribution < 1.29 is 14.3 Å². The molecule has 7 heteroatoms. The summed E-state index contributed by atoms with van der Waals surface area (Å²) in [4.78, 5) is 20.2. The van der Waals surface area contributed by atoms with Gasteiger partial charge in [0.15, 0.2) is 0 Å². The Balaban J connectivity index is 2.11. The molecule has 0 saturated heterocycles. The molecule has 1 aromatic heterocycles. The summed E-state index contributed by atoms with van der Waals surface area (Å²) in [5.74, 6) is -0.0842. The van der Waals surface area contributed by atoms with Crippen LogP contribution in [0, 0.1) is 0 Å². The SMILES string of the molecule is CCOc1ncc(NC(=O)/C=C/c2ccccc2Cl)c(OCC)n1. The van der Waals surface area contributed by atoms with Crippen molar-refractivity contribution in [3.63, 3.8) is 0 Å². The summed E-state index contributed by atoms with van der Waals surface area (Å²) in [6.45, 7) is 4.50. The average molecular weight is 348 g/mol. The monoisotopic (exact) mass is 347 g/mol. The van der Waals surface area contributed by atoms with E-state index in [1.165, 1.54) is 12.3 Å². The van der Waals surface area contributed by atoms with Crippen molar-refractivity contribution in [2.75, 3.05) is 18.5 Å². The molecule has 1 aromatic carbocycles. The summed E-state index contributed by atoms with van der Waals surface area (Å²) in [6.07, 6.45) is 4.46. The van der Waals surface area contributed by atoms with E-state index in [0.29, 0.717) is 23.9 Å². The minimum Gasteiger partial charge on any atom is -0.476 e. The predicted molar refractivity (Wildman–Crippen MR) is 93.5 cm³/mol. The first-order chi connectivity index (χ1) is 11.6. The molecule has 0 aliphatic rings. The van der Waals surface area contributed by atoms with Gasteiger partial charge in [-0.05, 0) is 31.6 Å². The predicted octanol–water partition coefficient (Wildman–Crippen LogP) is 3.58. The van der Waals surface area contributed by atoms with E-state index in [0.717, 1.165) is 5.56 Å². The highest BCUT2D eigenvalue weighted by molar-refractivity contribution is 6.32. The first-order valence-electron chi connectivity index (χ1n) is 7.50. The van der Waals surface area contributed by atoms with Gasteiger partial charge >= 0.3 is 6.01 Å². The van der Waals surface area contributed by atoms with Crippen molar-refractivity contribution in [2.24, 2.45) is 0 Å². The van der Waals surface area contributed by atoms with Gasteiger partial charge in [-0.25, -0.2) is 4.98 Å². The maximum atomic E-state index is 12.1. The number of nitrogens with one attached hydrogen (secondary N) is 1. The molecular weight excluding hydrogens is 330 g/mol. The van der Waals surface area contributed by atoms with E-state index in [-0.39, 0.29) is 17.8 Å². The highest BCUT2D eigenvalue weighted by Gasteiger charge is 2.11. The van der Waals surface area contributed by atoms with Crippen LogP contribution in [-0.4, -0.2) is 29.1 Å². The number of amides is 1. The summed E-state index contributed by atoms with van der Waals surface area (Å²) in [7, 11) is 0. The topological polar surface area (TPSA) is 73.3 Å². The molecule has 0 bridgehead atoms. The second-order valence-corrected chi connectivity index (χ2v) is 4.99. The Labute approximate surface area is 145 Å². The molecule has 0 radical (unpaired) electrons. The normalized spacial score (nSPS) is 10.6. The van der Waals surface area contributed by atoms with Gasteiger partial charge in [0.05, 0.1) is 19.4 Å². The van der Waals surface area contributed by atoms with Gasteiger partial charge in [0.25, 0.3) is 0 Å². The van der Waals surface area contributed by atoms with Crippen molar-refractivity contribution in [1.82, 2.24) is 9.97 Å². The van der Waals surface area contributed by atoms with Crippen molar-refractivity contribution in [3.05, 3.63) is 47.1 Å². The lowest BCUT2D eigenvalue weighted by atomic mass is 10.2. The zero-order valence-corrected chi connectivity index (χ0v) is 14.2. The van der Waals surface area contributed by atoms with Gasteiger partial charge in [-0.3, -0.25) is 4.79 Å². The minimum atomic E-state index is -0.344. The fourth-order valence-corrected chi connectivity index (χ4v) is 2.03. The number of carbonyl (C=O) groups is 1. The van der Waals surface area contributed by atoms with Gasteiger partial charge in [-0.1, -0.05) is 29.8 Å². The molecule has 0 aliphatic carbocycles. The molecule has 0 aliphatic heterocycles. The summed E-state index contributed by atoms with van der Waals surface area (Å²) in [5.41, 5.74) is 1.12. The van der Waals surface area contributed by atoms with Crippen LogP contribution in [0.2, 0.25) is 5.02 Å². The van der Waals surface area contributed by atoms with E-state index in [1.807, 2.05) is 32.0 Å². The Morgan fingerprint density at radius 3 is 2.71 bits per heavy atom. The molecule has 1 N–H and O–H groups in total. The number of anilines is 1. The molecule has 0 unspecified atom stereocenters. The van der Waals surface area contributed by atoms with Gasteiger partial charge in [-0.2, -0.15) is 4.98 Å². The van der Waals surface area contributed by atoms with E-state index in [2.05, 4.69) is 15.3 Å². The maximum absolute atomic E-state index is 12.1. The highest BCUT2D eigenvalue weighted by Crippen LogP contribution is 2.23. The number of ether oxygens (including phenoxy) is 2. The minimum absolute atomic E-state index is 0.200. The molecular formula is C17H18ClN3O3. The number of hydrogen-bond donors (Lipinski definition) is 1. The largest absolute Gasteiger partial charge is 0.476 e. The van der Waals surface area contributed by atoms with Gasteiger partial charge in [0.1, 0.15) is 5.69 Å². The van der Waals surface area contributed by atoms with Crippen LogP contribution in [0.25, 0.3) is 6.08 Å². The lowest BCUT2D eigenvalue weighted by Crippen LogP contribution is -2.11. The Morgan fingerprint density at radius 1 is 1.25 bits per heavy atom. The molecule has 0 saturated carbocycles. The smallest absolute Gasteiger partial charge is 0.319 e. The van der Waals surface area contributed by atoms with Crippen LogP contribution >= 0.6 is 11.6 Å². The Bertz CT molecular complexity index is 735. The summed E-state index contributed by atoms with van der Waals surface area (Å²) < 4.78 is 10.6. The maximum Gasteiger partial charge on any atom is 0.319 e. The Hall–Kier alpha value is -2.60. The van der Waals surface area contributed by atoms with Crippen LogP contribution < -0.4 is 14.8 Å². The molecule has 0 atom stereocenters. The summed E-state index contributed by atoms with van der Waals surface area (Å²) >= 11 is 6.04. The second-order valence-electron chi connectivity index (χ2n) is 4.58. The number of halogens is 1. The first kappa shape index (κ1) is 17.7. The summed E-state index contributed by atoms with van der Waals surface area (Å²) in [6, 6.07) is 7.44. The third kappa shape index (κ3) is 4.96. The fraction of sp³-hybridized carbons (Fsp3) is 0.235. The molecule has 6 nitrogen and oxygen atoms in total. The van der Waals surface area contributed by atoms with Crippen LogP contribution in [-0.2, 0) is 4.79 Å². The van der Waals surface area contributed by atoms with Crippen molar-refractivity contribution in [1.29, 1.82) is 0 Å². The van der Waals surface area contributed by atoms with Crippen LogP contribution in [0.5, 0.6) is 11.9 Å². The van der Waals surface area contributed by atoms with Crippen LogP contribution in [0.3, 0.4) is 0 Å². The lowest BCUT2D eigenvalue weighted by Gasteiger charge is -2.10. The molecule has 126 valence electrons. The number of benzene rings is 1. The molecule has 1 amide bonds. The van der Waals surface area contributed by atoms with Gasteiger partial charge < -0.3 is 14.8 Å². The first-order valence-corrected chi connectivity index (χ1v) is 7.88. The number of hydrogen-bond acceptors (Lipinski definition) is 5. The Kier molecular flexibility index (Phi) is 6.57. The highest BCUT2D eigenvalue weighted by atomic mass is 35.5. The zero-order chi connectivity index (χ0) is 17.4. The van der Waals surface area contributed by atoms with Gasteiger partial charge in [0.2, 0.25) is 11.8 Å². The third-order valence-electron chi connectivity index (χ3n) is 2.86. The molecule has 0 spiro atoms. The van der Waals surface area contributed by atoms with Crippen molar-refractivity contribution in [2.45, 2.75) is 13.8 Å². The zero-order valence-electron chi connectivity index (χ0n) is 13.5. The van der Waals surface area contributed by atoms with Crippen LogP contribution in [0.15, 0.2) is 36.5 Å². The molecule has 2 aromatic rings. The molecule has 2 rings (SSSR count). The summed E-state index contributed by atoms with van der Waals surface area (Å²) in [5, 5.41) is 3.25. The molecule has 1 heterocycles. The van der Waals surface area contributed by atoms with Crippen molar-refractivity contribution >= 4 is 29.3 Å². The molecule has 0 fully saturated rings. The number of carbonyl (C=O) groups excluding carboxylic acids is 1. The van der Waals surface area contributed by atoms with E-state index < -0.39 is 0 Å².